The smallest absolute Gasteiger partial charge is 0.0333 e. The van der Waals surface area contributed by atoms with Crippen LogP contribution in [0, 0.1) is 0 Å². The molecule has 1 heteroatoms. The van der Waals surface area contributed by atoms with Crippen LogP contribution in [0.3, 0.4) is 0 Å². The van der Waals surface area contributed by atoms with Gasteiger partial charge in [0, 0.05) is 5.54 Å². The van der Waals surface area contributed by atoms with E-state index in [-0.39, 0.29) is 5.54 Å². The van der Waals surface area contributed by atoms with E-state index in [1.165, 1.54) is 5.57 Å². The van der Waals surface area contributed by atoms with Crippen molar-refractivity contribution in [2.45, 2.75) is 39.2 Å². The summed E-state index contributed by atoms with van der Waals surface area (Å²) >= 11 is 0. The summed E-state index contributed by atoms with van der Waals surface area (Å²) in [5.74, 6) is 0. The lowest BCUT2D eigenvalue weighted by atomic mass is 9.96. The molecule has 1 atom stereocenters. The fourth-order valence-corrected chi connectivity index (χ4v) is 0.990. The normalized spacial score (nSPS) is 15.0. The van der Waals surface area contributed by atoms with Crippen molar-refractivity contribution in [2.75, 3.05) is 7.05 Å². The Labute approximate surface area is 76.6 Å². The van der Waals surface area contributed by atoms with Crippen LogP contribution in [-0.2, 0) is 0 Å². The van der Waals surface area contributed by atoms with Gasteiger partial charge in [0.2, 0.25) is 0 Å². The second-order valence-corrected chi connectivity index (χ2v) is 3.69. The molecular weight excluding hydrogens is 146 g/mol. The van der Waals surface area contributed by atoms with Gasteiger partial charge in [-0.1, -0.05) is 17.7 Å². The zero-order valence-electron chi connectivity index (χ0n) is 8.78. The van der Waals surface area contributed by atoms with Crippen molar-refractivity contribution in [3.63, 3.8) is 0 Å². The summed E-state index contributed by atoms with van der Waals surface area (Å²) in [5.41, 5.74) is 1.48. The summed E-state index contributed by atoms with van der Waals surface area (Å²) in [6.45, 7) is 10.2. The van der Waals surface area contributed by atoms with Gasteiger partial charge in [-0.2, -0.15) is 0 Å². The fraction of sp³-hybridized carbons (Fsp3) is 0.636. The van der Waals surface area contributed by atoms with E-state index >= 15 is 0 Å². The monoisotopic (exact) mass is 167 g/mol. The van der Waals surface area contributed by atoms with E-state index < -0.39 is 0 Å². The first-order chi connectivity index (χ1) is 5.54. The zero-order chi connectivity index (χ0) is 9.61. The second-order valence-electron chi connectivity index (χ2n) is 3.69. The van der Waals surface area contributed by atoms with Gasteiger partial charge in [0.05, 0.1) is 0 Å². The largest absolute Gasteiger partial charge is 0.311 e. The average Bonchev–Trinajstić information content (AvgIpc) is 2.03. The summed E-state index contributed by atoms with van der Waals surface area (Å²) in [5, 5.41) is 3.25. The molecular formula is C11H21N. The fourth-order valence-electron chi connectivity index (χ4n) is 0.990. The van der Waals surface area contributed by atoms with Crippen LogP contribution in [0.25, 0.3) is 0 Å². The molecule has 1 N–H and O–H groups in total. The predicted octanol–water partition coefficient (Wildman–Crippen LogP) is 2.90. The third kappa shape index (κ3) is 4.35. The molecule has 0 bridgehead atoms. The average molecular weight is 167 g/mol. The van der Waals surface area contributed by atoms with Gasteiger partial charge in [-0.05, 0) is 40.7 Å². The second kappa shape index (κ2) is 5.15. The Balaban J connectivity index is 3.89. The molecule has 0 aromatic heterocycles. The lowest BCUT2D eigenvalue weighted by Gasteiger charge is -2.24. The van der Waals surface area contributed by atoms with Gasteiger partial charge in [-0.25, -0.2) is 0 Å². The molecule has 0 aromatic carbocycles. The van der Waals surface area contributed by atoms with Crippen LogP contribution in [0.5, 0.6) is 0 Å². The molecule has 0 saturated heterocycles. The predicted molar refractivity (Wildman–Crippen MR) is 56.3 cm³/mol. The van der Waals surface area contributed by atoms with Gasteiger partial charge in [-0.3, -0.25) is 0 Å². The molecule has 0 heterocycles. The van der Waals surface area contributed by atoms with Crippen LogP contribution >= 0.6 is 0 Å². The minimum Gasteiger partial charge on any atom is -0.311 e. The third-order valence-corrected chi connectivity index (χ3v) is 2.24. The van der Waals surface area contributed by atoms with E-state index in [2.05, 4.69) is 38.7 Å². The summed E-state index contributed by atoms with van der Waals surface area (Å²) in [6, 6.07) is 0. The molecule has 0 radical (unpaired) electrons. The molecule has 0 saturated carbocycles. The van der Waals surface area contributed by atoms with Crippen LogP contribution in [0.1, 0.15) is 33.6 Å². The highest BCUT2D eigenvalue weighted by Crippen LogP contribution is 2.13. The molecule has 12 heavy (non-hydrogen) atoms. The SMILES string of the molecule is C=CC(C)(CCC=C(C)C)NC. The molecule has 0 aliphatic heterocycles. The topological polar surface area (TPSA) is 12.0 Å². The minimum absolute atomic E-state index is 0.0892. The Morgan fingerprint density at radius 1 is 1.50 bits per heavy atom. The molecule has 1 unspecified atom stereocenters. The number of allylic oxidation sites excluding steroid dienone is 2. The molecule has 1 nitrogen and oxygen atoms in total. The van der Waals surface area contributed by atoms with Crippen molar-refractivity contribution in [3.8, 4) is 0 Å². The maximum absolute atomic E-state index is 3.82. The van der Waals surface area contributed by atoms with E-state index in [1.54, 1.807) is 0 Å². The number of hydrogen-bond acceptors (Lipinski definition) is 1. The molecule has 0 aliphatic carbocycles. The third-order valence-electron chi connectivity index (χ3n) is 2.24. The highest BCUT2D eigenvalue weighted by molar-refractivity contribution is 5.01. The van der Waals surface area contributed by atoms with Crippen LogP contribution < -0.4 is 5.32 Å². The number of likely N-dealkylation sites (N-methyl/N-ethyl adjacent to an activating group) is 1. The molecule has 0 amide bonds. The maximum atomic E-state index is 3.82. The molecule has 0 fully saturated rings. The molecule has 70 valence electrons. The quantitative estimate of drug-likeness (QED) is 0.621. The van der Waals surface area contributed by atoms with E-state index in [4.69, 9.17) is 0 Å². The van der Waals surface area contributed by atoms with Gasteiger partial charge in [0.25, 0.3) is 0 Å². The maximum Gasteiger partial charge on any atom is 0.0333 e. The van der Waals surface area contributed by atoms with Crippen LogP contribution in [0.15, 0.2) is 24.3 Å². The molecule has 0 spiro atoms. The Hall–Kier alpha value is -0.560. The van der Waals surface area contributed by atoms with Crippen molar-refractivity contribution < 1.29 is 0 Å². The Morgan fingerprint density at radius 3 is 2.42 bits per heavy atom. The highest BCUT2D eigenvalue weighted by Gasteiger charge is 2.14. The lowest BCUT2D eigenvalue weighted by Crippen LogP contribution is -2.36. The summed E-state index contributed by atoms with van der Waals surface area (Å²) < 4.78 is 0. The van der Waals surface area contributed by atoms with Gasteiger partial charge in [0.15, 0.2) is 0 Å². The van der Waals surface area contributed by atoms with Crippen LogP contribution in [-0.4, -0.2) is 12.6 Å². The van der Waals surface area contributed by atoms with E-state index in [0.717, 1.165) is 12.8 Å². The first-order valence-corrected chi connectivity index (χ1v) is 4.50. The zero-order valence-corrected chi connectivity index (χ0v) is 8.78. The van der Waals surface area contributed by atoms with Crippen molar-refractivity contribution in [3.05, 3.63) is 24.3 Å². The van der Waals surface area contributed by atoms with Gasteiger partial charge >= 0.3 is 0 Å². The van der Waals surface area contributed by atoms with Gasteiger partial charge < -0.3 is 5.32 Å². The Morgan fingerprint density at radius 2 is 2.08 bits per heavy atom. The van der Waals surface area contributed by atoms with Crippen molar-refractivity contribution in [1.29, 1.82) is 0 Å². The summed E-state index contributed by atoms with van der Waals surface area (Å²) in [4.78, 5) is 0. The van der Waals surface area contributed by atoms with Gasteiger partial charge in [-0.15, -0.1) is 6.58 Å². The molecule has 0 rings (SSSR count). The van der Waals surface area contributed by atoms with Crippen molar-refractivity contribution in [1.82, 2.24) is 5.32 Å². The van der Waals surface area contributed by atoms with Crippen LogP contribution in [0.2, 0.25) is 0 Å². The highest BCUT2D eigenvalue weighted by atomic mass is 14.9. The van der Waals surface area contributed by atoms with Crippen molar-refractivity contribution >= 4 is 0 Å². The van der Waals surface area contributed by atoms with Gasteiger partial charge in [0.1, 0.15) is 0 Å². The van der Waals surface area contributed by atoms with E-state index in [9.17, 15) is 0 Å². The summed E-state index contributed by atoms with van der Waals surface area (Å²) in [7, 11) is 1.98. The van der Waals surface area contributed by atoms with Crippen LogP contribution in [0.4, 0.5) is 0 Å². The molecule has 0 aliphatic rings. The first-order valence-electron chi connectivity index (χ1n) is 4.50. The van der Waals surface area contributed by atoms with E-state index in [0.29, 0.717) is 0 Å². The number of hydrogen-bond donors (Lipinski definition) is 1. The van der Waals surface area contributed by atoms with E-state index in [1.807, 2.05) is 13.1 Å². The standard InChI is InChI=1S/C11H21N/c1-6-11(4,12-5)9-7-8-10(2)3/h6,8,12H,1,7,9H2,2-5H3. The number of rotatable bonds is 5. The Bertz CT molecular complexity index is 166. The molecule has 0 aromatic rings. The Kier molecular flexibility index (Phi) is 4.91. The van der Waals surface area contributed by atoms with Crippen molar-refractivity contribution in [2.24, 2.45) is 0 Å². The lowest BCUT2D eigenvalue weighted by molar-refractivity contribution is 0.448. The first kappa shape index (κ1) is 11.4. The minimum atomic E-state index is 0.0892. The summed E-state index contributed by atoms with van der Waals surface area (Å²) in [6.07, 6.45) is 6.47. The number of nitrogens with one attached hydrogen (secondary N) is 1.